The SMILES string of the molecule is O=C(C[C@@H]1CCNC[C@@H]1Cc1cc(CC2CCCCC2)on1)NC1CCCCC1. The van der Waals surface area contributed by atoms with Gasteiger partial charge in [0.25, 0.3) is 0 Å². The molecule has 2 saturated carbocycles. The molecule has 2 aliphatic carbocycles. The number of hydrogen-bond acceptors (Lipinski definition) is 4. The van der Waals surface area contributed by atoms with Crippen LogP contribution in [0.15, 0.2) is 10.6 Å². The Labute approximate surface area is 175 Å². The fraction of sp³-hybridized carbons (Fsp3) is 0.833. The summed E-state index contributed by atoms with van der Waals surface area (Å²) < 4.78 is 5.68. The molecule has 3 aliphatic rings. The zero-order valence-corrected chi connectivity index (χ0v) is 18.0. The Morgan fingerprint density at radius 2 is 1.76 bits per heavy atom. The minimum Gasteiger partial charge on any atom is -0.361 e. The molecule has 0 unspecified atom stereocenters. The lowest BCUT2D eigenvalue weighted by Crippen LogP contribution is -2.42. The number of carbonyl (C=O) groups is 1. The predicted molar refractivity (Wildman–Crippen MR) is 115 cm³/mol. The minimum atomic E-state index is 0.256. The summed E-state index contributed by atoms with van der Waals surface area (Å²) in [5.41, 5.74) is 1.07. The number of aromatic nitrogens is 1. The average Bonchev–Trinajstić information content (AvgIpc) is 3.18. The molecule has 162 valence electrons. The summed E-state index contributed by atoms with van der Waals surface area (Å²) in [6, 6.07) is 2.59. The van der Waals surface area contributed by atoms with E-state index in [1.165, 1.54) is 51.4 Å². The fourth-order valence-corrected chi connectivity index (χ4v) is 5.75. The van der Waals surface area contributed by atoms with Crippen molar-refractivity contribution in [2.45, 2.75) is 95.9 Å². The summed E-state index contributed by atoms with van der Waals surface area (Å²) in [7, 11) is 0. The molecule has 2 atom stereocenters. The molecule has 0 bridgehead atoms. The maximum absolute atomic E-state index is 12.6. The molecule has 3 fully saturated rings. The van der Waals surface area contributed by atoms with Crippen LogP contribution < -0.4 is 10.6 Å². The first-order chi connectivity index (χ1) is 14.3. The van der Waals surface area contributed by atoms with Crippen LogP contribution in [-0.2, 0) is 17.6 Å². The van der Waals surface area contributed by atoms with Gasteiger partial charge in [0, 0.05) is 24.9 Å². The quantitative estimate of drug-likeness (QED) is 0.710. The lowest BCUT2D eigenvalue weighted by Gasteiger charge is -2.32. The summed E-state index contributed by atoms with van der Waals surface area (Å²) in [4.78, 5) is 12.6. The summed E-state index contributed by atoms with van der Waals surface area (Å²) in [5, 5.41) is 11.2. The van der Waals surface area contributed by atoms with Crippen LogP contribution in [0, 0.1) is 17.8 Å². The van der Waals surface area contributed by atoms with Crippen molar-refractivity contribution in [2.75, 3.05) is 13.1 Å². The number of nitrogens with zero attached hydrogens (tertiary/aromatic N) is 1. The molecule has 0 spiro atoms. The van der Waals surface area contributed by atoms with Crippen LogP contribution in [0.4, 0.5) is 0 Å². The second kappa shape index (κ2) is 10.6. The normalized spacial score (nSPS) is 27.0. The van der Waals surface area contributed by atoms with Gasteiger partial charge in [0.05, 0.1) is 5.69 Å². The van der Waals surface area contributed by atoms with E-state index in [1.54, 1.807) is 0 Å². The fourth-order valence-electron chi connectivity index (χ4n) is 5.75. The average molecular weight is 402 g/mol. The topological polar surface area (TPSA) is 67.2 Å². The Morgan fingerprint density at radius 3 is 2.55 bits per heavy atom. The van der Waals surface area contributed by atoms with E-state index in [-0.39, 0.29) is 5.91 Å². The number of amides is 1. The van der Waals surface area contributed by atoms with E-state index in [0.717, 1.165) is 62.6 Å². The third-order valence-corrected chi connectivity index (χ3v) is 7.48. The predicted octanol–water partition coefficient (Wildman–Crippen LogP) is 4.40. The second-order valence-electron chi connectivity index (χ2n) is 9.82. The first-order valence-electron chi connectivity index (χ1n) is 12.2. The van der Waals surface area contributed by atoms with Gasteiger partial charge in [0.2, 0.25) is 5.91 Å². The van der Waals surface area contributed by atoms with Gasteiger partial charge in [-0.15, -0.1) is 0 Å². The van der Waals surface area contributed by atoms with Crippen molar-refractivity contribution >= 4 is 5.91 Å². The first kappa shape index (κ1) is 20.9. The van der Waals surface area contributed by atoms with Crippen molar-refractivity contribution < 1.29 is 9.32 Å². The molecule has 5 heteroatoms. The van der Waals surface area contributed by atoms with E-state index in [0.29, 0.717) is 24.3 Å². The maximum Gasteiger partial charge on any atom is 0.220 e. The highest BCUT2D eigenvalue weighted by Gasteiger charge is 2.29. The maximum atomic E-state index is 12.6. The number of rotatable bonds is 7. The lowest BCUT2D eigenvalue weighted by atomic mass is 9.80. The smallest absolute Gasteiger partial charge is 0.220 e. The van der Waals surface area contributed by atoms with Crippen LogP contribution in [0.25, 0.3) is 0 Å². The molecule has 1 aromatic heterocycles. The van der Waals surface area contributed by atoms with E-state index >= 15 is 0 Å². The molecule has 5 nitrogen and oxygen atoms in total. The molecule has 0 aromatic carbocycles. The Morgan fingerprint density at radius 1 is 1.00 bits per heavy atom. The van der Waals surface area contributed by atoms with E-state index in [9.17, 15) is 4.79 Å². The van der Waals surface area contributed by atoms with Crippen LogP contribution in [-0.4, -0.2) is 30.2 Å². The molecule has 4 rings (SSSR count). The minimum absolute atomic E-state index is 0.256. The molecule has 2 N–H and O–H groups in total. The van der Waals surface area contributed by atoms with Crippen LogP contribution in [0.5, 0.6) is 0 Å². The molecule has 2 heterocycles. The highest BCUT2D eigenvalue weighted by atomic mass is 16.5. The molecule has 1 amide bonds. The molecule has 1 aromatic rings. The van der Waals surface area contributed by atoms with Crippen LogP contribution in [0.3, 0.4) is 0 Å². The lowest BCUT2D eigenvalue weighted by molar-refractivity contribution is -0.123. The van der Waals surface area contributed by atoms with Gasteiger partial charge in [-0.1, -0.05) is 56.5 Å². The second-order valence-corrected chi connectivity index (χ2v) is 9.82. The zero-order chi connectivity index (χ0) is 19.9. The largest absolute Gasteiger partial charge is 0.361 e. The monoisotopic (exact) mass is 401 g/mol. The van der Waals surface area contributed by atoms with Gasteiger partial charge in [0.15, 0.2) is 0 Å². The Bertz CT molecular complexity index is 632. The van der Waals surface area contributed by atoms with Crippen molar-refractivity contribution in [2.24, 2.45) is 17.8 Å². The Kier molecular flexibility index (Phi) is 7.64. The number of carbonyl (C=O) groups excluding carboxylic acids is 1. The molecule has 1 saturated heterocycles. The third-order valence-electron chi connectivity index (χ3n) is 7.48. The molecular formula is C24H39N3O2. The number of hydrogen-bond donors (Lipinski definition) is 2. The van der Waals surface area contributed by atoms with Crippen molar-refractivity contribution in [3.05, 3.63) is 17.5 Å². The van der Waals surface area contributed by atoms with Gasteiger partial charge in [-0.25, -0.2) is 0 Å². The van der Waals surface area contributed by atoms with Gasteiger partial charge in [0.1, 0.15) is 5.76 Å². The number of piperidine rings is 1. The van der Waals surface area contributed by atoms with Gasteiger partial charge in [-0.3, -0.25) is 4.79 Å². The van der Waals surface area contributed by atoms with Gasteiger partial charge in [-0.05, 0) is 56.5 Å². The summed E-state index contributed by atoms with van der Waals surface area (Å²) in [5.74, 6) is 3.00. The van der Waals surface area contributed by atoms with Gasteiger partial charge >= 0.3 is 0 Å². The van der Waals surface area contributed by atoms with Crippen molar-refractivity contribution in [1.82, 2.24) is 15.8 Å². The first-order valence-corrected chi connectivity index (χ1v) is 12.2. The van der Waals surface area contributed by atoms with Crippen molar-refractivity contribution in [3.63, 3.8) is 0 Å². The standard InChI is InChI=1S/C24H39N3O2/c28-24(26-21-9-5-2-6-10-21)15-19-11-12-25-17-20(19)14-22-16-23(29-27-22)13-18-7-3-1-4-8-18/h16,18-21,25H,1-15,17H2,(H,26,28)/t19-,20-/m0/s1. The highest BCUT2D eigenvalue weighted by molar-refractivity contribution is 5.76. The third kappa shape index (κ3) is 6.31. The molecule has 1 aliphatic heterocycles. The Balaban J connectivity index is 1.27. The van der Waals surface area contributed by atoms with E-state index in [4.69, 9.17) is 4.52 Å². The van der Waals surface area contributed by atoms with E-state index in [1.807, 2.05) is 0 Å². The summed E-state index contributed by atoms with van der Waals surface area (Å²) in [6.45, 7) is 2.00. The molecule has 29 heavy (non-hydrogen) atoms. The summed E-state index contributed by atoms with van der Waals surface area (Å²) in [6.07, 6.45) is 16.7. The van der Waals surface area contributed by atoms with Crippen LogP contribution in [0.2, 0.25) is 0 Å². The number of nitrogens with one attached hydrogen (secondary N) is 2. The van der Waals surface area contributed by atoms with Crippen molar-refractivity contribution in [3.8, 4) is 0 Å². The molecule has 0 radical (unpaired) electrons. The van der Waals surface area contributed by atoms with Crippen LogP contribution >= 0.6 is 0 Å². The van der Waals surface area contributed by atoms with Gasteiger partial charge < -0.3 is 15.2 Å². The molecular weight excluding hydrogens is 362 g/mol. The van der Waals surface area contributed by atoms with Crippen molar-refractivity contribution in [1.29, 1.82) is 0 Å². The van der Waals surface area contributed by atoms with E-state index < -0.39 is 0 Å². The Hall–Kier alpha value is -1.36. The summed E-state index contributed by atoms with van der Waals surface area (Å²) >= 11 is 0. The zero-order valence-electron chi connectivity index (χ0n) is 18.0. The van der Waals surface area contributed by atoms with E-state index in [2.05, 4.69) is 21.9 Å². The van der Waals surface area contributed by atoms with Gasteiger partial charge in [-0.2, -0.15) is 0 Å². The highest BCUT2D eigenvalue weighted by Crippen LogP contribution is 2.29. The van der Waals surface area contributed by atoms with Crippen LogP contribution in [0.1, 0.15) is 88.5 Å².